The van der Waals surface area contributed by atoms with E-state index in [1.807, 2.05) is 18.3 Å². The summed E-state index contributed by atoms with van der Waals surface area (Å²) in [6.07, 6.45) is 9.03. The number of hydrogen-bond donors (Lipinski definition) is 1. The standard InChI is InChI=1S/C25H21FN8O/c26-19-7-5-16(6-8-19)24-20(14-33(32-24)23-10-9-22-30-28-15-34(22)31-23)18-11-12-27-21(13-18)29-25(35)17-3-1-2-4-17/h5-15,17H,1-4H2,(H,27,29,35). The van der Waals surface area contributed by atoms with Crippen molar-refractivity contribution in [1.29, 1.82) is 0 Å². The number of aromatic nitrogens is 7. The smallest absolute Gasteiger partial charge is 0.228 e. The number of carbonyl (C=O) groups is 1. The highest BCUT2D eigenvalue weighted by Crippen LogP contribution is 2.33. The quantitative estimate of drug-likeness (QED) is 0.412. The van der Waals surface area contributed by atoms with E-state index in [1.54, 1.807) is 39.7 Å². The zero-order valence-electron chi connectivity index (χ0n) is 18.7. The van der Waals surface area contributed by atoms with Crippen LogP contribution >= 0.6 is 0 Å². The number of hydrogen-bond acceptors (Lipinski definition) is 6. The van der Waals surface area contributed by atoms with Gasteiger partial charge < -0.3 is 5.32 Å². The van der Waals surface area contributed by atoms with Crippen LogP contribution in [0.4, 0.5) is 10.2 Å². The van der Waals surface area contributed by atoms with Crippen LogP contribution in [0, 0.1) is 11.7 Å². The molecule has 1 fully saturated rings. The second-order valence-corrected chi connectivity index (χ2v) is 8.57. The van der Waals surface area contributed by atoms with Gasteiger partial charge in [0.25, 0.3) is 0 Å². The van der Waals surface area contributed by atoms with E-state index in [1.165, 1.54) is 18.5 Å². The van der Waals surface area contributed by atoms with Gasteiger partial charge in [-0.25, -0.2) is 14.1 Å². The summed E-state index contributed by atoms with van der Waals surface area (Å²) < 4.78 is 16.8. The van der Waals surface area contributed by atoms with Gasteiger partial charge in [0.1, 0.15) is 23.7 Å². The van der Waals surface area contributed by atoms with Gasteiger partial charge in [0.15, 0.2) is 11.5 Å². The van der Waals surface area contributed by atoms with E-state index in [0.29, 0.717) is 23.0 Å². The Bertz CT molecular complexity index is 1520. The maximum absolute atomic E-state index is 13.6. The van der Waals surface area contributed by atoms with Gasteiger partial charge in [-0.3, -0.25) is 4.79 Å². The molecule has 0 aliphatic heterocycles. The first kappa shape index (κ1) is 21.1. The minimum atomic E-state index is -0.324. The van der Waals surface area contributed by atoms with Crippen molar-refractivity contribution in [2.75, 3.05) is 5.32 Å². The highest BCUT2D eigenvalue weighted by molar-refractivity contribution is 5.92. The monoisotopic (exact) mass is 468 g/mol. The van der Waals surface area contributed by atoms with Crippen LogP contribution in [0.2, 0.25) is 0 Å². The van der Waals surface area contributed by atoms with Crippen molar-refractivity contribution >= 4 is 17.4 Å². The third kappa shape index (κ3) is 4.14. The van der Waals surface area contributed by atoms with Gasteiger partial charge in [0.2, 0.25) is 5.91 Å². The Morgan fingerprint density at radius 1 is 1.00 bits per heavy atom. The average molecular weight is 468 g/mol. The second kappa shape index (κ2) is 8.71. The SMILES string of the molecule is O=C(Nc1cc(-c2cn(-c3ccc4nncn4n3)nc2-c2ccc(F)cc2)ccn1)C1CCCC1. The lowest BCUT2D eigenvalue weighted by Crippen LogP contribution is -2.20. The molecule has 0 bridgehead atoms. The molecular weight excluding hydrogens is 447 g/mol. The van der Waals surface area contributed by atoms with E-state index in [4.69, 9.17) is 5.10 Å². The first-order valence-corrected chi connectivity index (χ1v) is 11.4. The maximum atomic E-state index is 13.6. The van der Waals surface area contributed by atoms with E-state index in [9.17, 15) is 9.18 Å². The molecule has 35 heavy (non-hydrogen) atoms. The molecule has 0 saturated heterocycles. The molecule has 4 aromatic heterocycles. The Balaban J connectivity index is 1.41. The third-order valence-corrected chi connectivity index (χ3v) is 6.26. The second-order valence-electron chi connectivity index (χ2n) is 8.57. The zero-order chi connectivity index (χ0) is 23.8. The molecule has 4 heterocycles. The predicted octanol–water partition coefficient (Wildman–Crippen LogP) is 4.31. The van der Waals surface area contributed by atoms with E-state index in [0.717, 1.165) is 42.4 Å². The zero-order valence-corrected chi connectivity index (χ0v) is 18.7. The molecule has 1 aliphatic rings. The van der Waals surface area contributed by atoms with Crippen LogP contribution in [0.25, 0.3) is 33.8 Å². The largest absolute Gasteiger partial charge is 0.310 e. The number of nitrogens with one attached hydrogen (secondary N) is 1. The van der Waals surface area contributed by atoms with Crippen LogP contribution in [0.1, 0.15) is 25.7 Å². The van der Waals surface area contributed by atoms with Crippen molar-refractivity contribution in [2.45, 2.75) is 25.7 Å². The Labute approximate surface area is 199 Å². The Morgan fingerprint density at radius 2 is 1.83 bits per heavy atom. The van der Waals surface area contributed by atoms with Gasteiger partial charge in [-0.1, -0.05) is 12.8 Å². The molecule has 0 unspecified atom stereocenters. The molecular formula is C25H21FN8O. The topological polar surface area (TPSA) is 103 Å². The van der Waals surface area contributed by atoms with E-state index in [2.05, 4.69) is 25.6 Å². The molecule has 9 nitrogen and oxygen atoms in total. The van der Waals surface area contributed by atoms with Crippen molar-refractivity contribution in [2.24, 2.45) is 5.92 Å². The molecule has 1 aromatic carbocycles. The van der Waals surface area contributed by atoms with E-state index < -0.39 is 0 Å². The minimum Gasteiger partial charge on any atom is -0.310 e. The van der Waals surface area contributed by atoms with Crippen molar-refractivity contribution in [3.05, 3.63) is 73.1 Å². The van der Waals surface area contributed by atoms with Crippen molar-refractivity contribution in [1.82, 2.24) is 34.6 Å². The van der Waals surface area contributed by atoms with Gasteiger partial charge in [-0.15, -0.1) is 15.3 Å². The van der Waals surface area contributed by atoms with Gasteiger partial charge >= 0.3 is 0 Å². The number of fused-ring (bicyclic) bond motifs is 1. The number of halogens is 1. The van der Waals surface area contributed by atoms with Crippen LogP contribution in [0.15, 0.2) is 67.3 Å². The van der Waals surface area contributed by atoms with Gasteiger partial charge in [0, 0.05) is 29.4 Å². The molecule has 0 radical (unpaired) electrons. The molecule has 10 heteroatoms. The van der Waals surface area contributed by atoms with Crippen LogP contribution < -0.4 is 5.32 Å². The lowest BCUT2D eigenvalue weighted by atomic mass is 10.0. The van der Waals surface area contributed by atoms with Crippen molar-refractivity contribution in [3.8, 4) is 28.2 Å². The molecule has 1 amide bonds. The van der Waals surface area contributed by atoms with Gasteiger partial charge in [-0.2, -0.15) is 9.61 Å². The third-order valence-electron chi connectivity index (χ3n) is 6.26. The number of nitrogens with zero attached hydrogens (tertiary/aromatic N) is 7. The highest BCUT2D eigenvalue weighted by Gasteiger charge is 2.23. The number of benzene rings is 1. The Hall–Kier alpha value is -4.47. The predicted molar refractivity (Wildman–Crippen MR) is 127 cm³/mol. The normalized spacial score (nSPS) is 14.0. The summed E-state index contributed by atoms with van der Waals surface area (Å²) >= 11 is 0. The number of carbonyl (C=O) groups excluding carboxylic acids is 1. The fourth-order valence-corrected chi connectivity index (χ4v) is 4.45. The summed E-state index contributed by atoms with van der Waals surface area (Å²) in [6, 6.07) is 13.5. The first-order valence-electron chi connectivity index (χ1n) is 11.4. The van der Waals surface area contributed by atoms with Crippen LogP contribution in [0.5, 0.6) is 0 Å². The minimum absolute atomic E-state index is 0.00745. The maximum Gasteiger partial charge on any atom is 0.228 e. The summed E-state index contributed by atoms with van der Waals surface area (Å²) in [7, 11) is 0. The summed E-state index contributed by atoms with van der Waals surface area (Å²) in [5, 5.41) is 20.1. The van der Waals surface area contributed by atoms with E-state index in [-0.39, 0.29) is 17.6 Å². The fraction of sp³-hybridized carbons (Fsp3) is 0.200. The number of amides is 1. The van der Waals surface area contributed by atoms with Crippen LogP contribution in [-0.4, -0.2) is 40.5 Å². The molecule has 1 saturated carbocycles. The summed E-state index contributed by atoms with van der Waals surface area (Å²) in [6.45, 7) is 0. The lowest BCUT2D eigenvalue weighted by Gasteiger charge is -2.10. The summed E-state index contributed by atoms with van der Waals surface area (Å²) in [5.74, 6) is 0.775. The Kier molecular flexibility index (Phi) is 5.25. The molecule has 5 aromatic rings. The fourth-order valence-electron chi connectivity index (χ4n) is 4.45. The molecule has 174 valence electrons. The Morgan fingerprint density at radius 3 is 2.66 bits per heavy atom. The van der Waals surface area contributed by atoms with Crippen LogP contribution in [0.3, 0.4) is 0 Å². The first-order chi connectivity index (χ1) is 17.1. The molecule has 0 atom stereocenters. The summed E-state index contributed by atoms with van der Waals surface area (Å²) in [5.41, 5.74) is 3.63. The van der Waals surface area contributed by atoms with Gasteiger partial charge in [-0.05, 0) is 66.9 Å². The summed E-state index contributed by atoms with van der Waals surface area (Å²) in [4.78, 5) is 17.0. The number of rotatable bonds is 5. The van der Waals surface area contributed by atoms with Crippen LogP contribution in [-0.2, 0) is 4.79 Å². The van der Waals surface area contributed by atoms with Crippen molar-refractivity contribution < 1.29 is 9.18 Å². The molecule has 1 N–H and O–H groups in total. The van der Waals surface area contributed by atoms with Crippen molar-refractivity contribution in [3.63, 3.8) is 0 Å². The van der Waals surface area contributed by atoms with Gasteiger partial charge in [0.05, 0.1) is 0 Å². The van der Waals surface area contributed by atoms with E-state index >= 15 is 0 Å². The highest BCUT2D eigenvalue weighted by atomic mass is 19.1. The molecule has 6 rings (SSSR count). The average Bonchev–Trinajstić information content (AvgIpc) is 3.65. The number of pyridine rings is 1. The molecule has 0 spiro atoms. The number of anilines is 1. The lowest BCUT2D eigenvalue weighted by molar-refractivity contribution is -0.119. The molecule has 1 aliphatic carbocycles.